The fourth-order valence-electron chi connectivity index (χ4n) is 2.44. The molecule has 0 spiro atoms. The first-order valence-corrected chi connectivity index (χ1v) is 6.63. The van der Waals surface area contributed by atoms with Crippen molar-refractivity contribution >= 4 is 5.91 Å². The Balaban J connectivity index is 2.17. The molecule has 0 aromatic heterocycles. The molecule has 1 saturated heterocycles. The second kappa shape index (κ2) is 5.51. The summed E-state index contributed by atoms with van der Waals surface area (Å²) in [6.45, 7) is 5.58. The highest BCUT2D eigenvalue weighted by Crippen LogP contribution is 2.19. The Morgan fingerprint density at radius 2 is 2.11 bits per heavy atom. The summed E-state index contributed by atoms with van der Waals surface area (Å²) >= 11 is 0. The van der Waals surface area contributed by atoms with Gasteiger partial charge < -0.3 is 4.90 Å². The third-order valence-corrected chi connectivity index (χ3v) is 3.66. The van der Waals surface area contributed by atoms with E-state index in [2.05, 4.69) is 6.92 Å². The first kappa shape index (κ1) is 13.1. The summed E-state index contributed by atoms with van der Waals surface area (Å²) in [4.78, 5) is 14.1. The number of rotatable bonds is 1. The molecule has 0 aliphatic carbocycles. The van der Waals surface area contributed by atoms with Crippen molar-refractivity contribution in [2.45, 2.75) is 33.1 Å². The molecule has 0 N–H and O–H groups in total. The first-order chi connectivity index (χ1) is 8.58. The molecule has 1 aliphatic heterocycles. The van der Waals surface area contributed by atoms with Crippen LogP contribution in [0.15, 0.2) is 18.2 Å². The number of halogens is 1. The number of nitrogens with zero attached hydrogens (tertiary/aromatic N) is 1. The van der Waals surface area contributed by atoms with Crippen LogP contribution in [0.1, 0.15) is 42.1 Å². The van der Waals surface area contributed by atoms with E-state index in [9.17, 15) is 9.18 Å². The molecule has 1 aromatic carbocycles. The lowest BCUT2D eigenvalue weighted by atomic mass is 10.0. The number of likely N-dealkylation sites (tertiary alicyclic amines) is 1. The lowest BCUT2D eigenvalue weighted by molar-refractivity contribution is 0.0755. The maximum Gasteiger partial charge on any atom is 0.256 e. The second-order valence-electron chi connectivity index (χ2n) is 5.31. The van der Waals surface area contributed by atoms with Gasteiger partial charge in [-0.25, -0.2) is 4.39 Å². The quantitative estimate of drug-likeness (QED) is 0.747. The van der Waals surface area contributed by atoms with E-state index >= 15 is 0 Å². The summed E-state index contributed by atoms with van der Waals surface area (Å²) in [7, 11) is 0. The number of aryl methyl sites for hydroxylation is 1. The minimum absolute atomic E-state index is 0.162. The lowest BCUT2D eigenvalue weighted by Gasteiger charge is -2.21. The summed E-state index contributed by atoms with van der Waals surface area (Å²) < 4.78 is 13.7. The van der Waals surface area contributed by atoms with E-state index in [1.807, 2.05) is 6.92 Å². The van der Waals surface area contributed by atoms with E-state index < -0.39 is 5.82 Å². The van der Waals surface area contributed by atoms with Gasteiger partial charge in [-0.05, 0) is 44.2 Å². The molecule has 1 unspecified atom stereocenters. The second-order valence-corrected chi connectivity index (χ2v) is 5.31. The Kier molecular flexibility index (Phi) is 4.00. The van der Waals surface area contributed by atoms with Crippen molar-refractivity contribution in [3.63, 3.8) is 0 Å². The van der Waals surface area contributed by atoms with Gasteiger partial charge in [0.05, 0.1) is 5.56 Å². The van der Waals surface area contributed by atoms with Crippen LogP contribution in [0.4, 0.5) is 4.39 Å². The van der Waals surface area contributed by atoms with Crippen LogP contribution in [0.5, 0.6) is 0 Å². The van der Waals surface area contributed by atoms with E-state index in [1.54, 1.807) is 17.0 Å². The molecule has 0 radical (unpaired) electrons. The van der Waals surface area contributed by atoms with Crippen molar-refractivity contribution in [3.05, 3.63) is 35.1 Å². The fourth-order valence-corrected chi connectivity index (χ4v) is 2.44. The minimum Gasteiger partial charge on any atom is -0.339 e. The van der Waals surface area contributed by atoms with Crippen LogP contribution in [0, 0.1) is 18.7 Å². The van der Waals surface area contributed by atoms with Gasteiger partial charge in [-0.1, -0.05) is 18.6 Å². The molecule has 98 valence electrons. The van der Waals surface area contributed by atoms with Gasteiger partial charge in [0.1, 0.15) is 5.82 Å². The summed E-state index contributed by atoms with van der Waals surface area (Å²) in [6, 6.07) is 4.71. The Morgan fingerprint density at radius 3 is 2.89 bits per heavy atom. The maximum absolute atomic E-state index is 13.7. The highest BCUT2D eigenvalue weighted by atomic mass is 19.1. The zero-order valence-electron chi connectivity index (χ0n) is 11.1. The van der Waals surface area contributed by atoms with Crippen LogP contribution in [-0.2, 0) is 0 Å². The van der Waals surface area contributed by atoms with Gasteiger partial charge in [0.15, 0.2) is 0 Å². The normalized spacial score (nSPS) is 20.6. The Bertz CT molecular complexity index is 444. The summed E-state index contributed by atoms with van der Waals surface area (Å²) in [5.74, 6) is 0.0818. The van der Waals surface area contributed by atoms with Crippen LogP contribution in [0.25, 0.3) is 0 Å². The molecule has 3 heteroatoms. The van der Waals surface area contributed by atoms with Crippen LogP contribution >= 0.6 is 0 Å². The smallest absolute Gasteiger partial charge is 0.256 e. The highest BCUT2D eigenvalue weighted by molar-refractivity contribution is 5.94. The van der Waals surface area contributed by atoms with Gasteiger partial charge in [-0.15, -0.1) is 0 Å². The summed E-state index contributed by atoms with van der Waals surface area (Å²) in [5.41, 5.74) is 1.13. The molecule has 1 fully saturated rings. The van der Waals surface area contributed by atoms with E-state index in [0.29, 0.717) is 5.92 Å². The largest absolute Gasteiger partial charge is 0.339 e. The third-order valence-electron chi connectivity index (χ3n) is 3.66. The average molecular weight is 249 g/mol. The monoisotopic (exact) mass is 249 g/mol. The van der Waals surface area contributed by atoms with Crippen molar-refractivity contribution < 1.29 is 9.18 Å². The molecule has 18 heavy (non-hydrogen) atoms. The predicted octanol–water partition coefficient (Wildman–Crippen LogP) is 3.40. The highest BCUT2D eigenvalue weighted by Gasteiger charge is 2.22. The number of hydrogen-bond donors (Lipinski definition) is 0. The van der Waals surface area contributed by atoms with E-state index in [4.69, 9.17) is 0 Å². The number of carbonyl (C=O) groups excluding carboxylic acids is 1. The molecule has 1 atom stereocenters. The van der Waals surface area contributed by atoms with Crippen LogP contribution in [0.2, 0.25) is 0 Å². The van der Waals surface area contributed by atoms with Crippen molar-refractivity contribution in [1.82, 2.24) is 4.90 Å². The van der Waals surface area contributed by atoms with Crippen molar-refractivity contribution in [2.75, 3.05) is 13.1 Å². The Labute approximate surface area is 108 Å². The molecular formula is C15H20FNO. The molecule has 2 nitrogen and oxygen atoms in total. The van der Waals surface area contributed by atoms with Crippen molar-refractivity contribution in [3.8, 4) is 0 Å². The SMILES string of the molecule is Cc1ccc(F)c(C(=O)N2CCCC(C)CC2)c1. The predicted molar refractivity (Wildman–Crippen MR) is 70.1 cm³/mol. The van der Waals surface area contributed by atoms with Gasteiger partial charge in [-0.2, -0.15) is 0 Å². The molecule has 1 amide bonds. The number of hydrogen-bond acceptors (Lipinski definition) is 1. The van der Waals surface area contributed by atoms with Crippen LogP contribution in [-0.4, -0.2) is 23.9 Å². The van der Waals surface area contributed by atoms with Gasteiger partial charge in [0.2, 0.25) is 0 Å². The van der Waals surface area contributed by atoms with E-state index in [-0.39, 0.29) is 11.5 Å². The standard InChI is InChI=1S/C15H20FNO/c1-11-4-3-8-17(9-7-11)15(18)13-10-12(2)5-6-14(13)16/h5-6,10-11H,3-4,7-9H2,1-2H3. The van der Waals surface area contributed by atoms with Gasteiger partial charge in [0, 0.05) is 13.1 Å². The number of benzene rings is 1. The minimum atomic E-state index is -0.414. The fraction of sp³-hybridized carbons (Fsp3) is 0.533. The molecule has 1 heterocycles. The number of amides is 1. The van der Waals surface area contributed by atoms with Crippen LogP contribution < -0.4 is 0 Å². The Morgan fingerprint density at radius 1 is 1.33 bits per heavy atom. The van der Waals surface area contributed by atoms with Gasteiger partial charge in [-0.3, -0.25) is 4.79 Å². The van der Waals surface area contributed by atoms with E-state index in [1.165, 1.54) is 6.07 Å². The van der Waals surface area contributed by atoms with Crippen molar-refractivity contribution in [1.29, 1.82) is 0 Å². The summed E-state index contributed by atoms with van der Waals surface area (Å²) in [5, 5.41) is 0. The summed E-state index contributed by atoms with van der Waals surface area (Å²) in [6.07, 6.45) is 3.18. The topological polar surface area (TPSA) is 20.3 Å². The zero-order chi connectivity index (χ0) is 13.1. The molecule has 0 saturated carbocycles. The van der Waals surface area contributed by atoms with Crippen molar-refractivity contribution in [2.24, 2.45) is 5.92 Å². The Hall–Kier alpha value is -1.38. The van der Waals surface area contributed by atoms with E-state index in [0.717, 1.165) is 37.9 Å². The molecule has 0 bridgehead atoms. The average Bonchev–Trinajstić information content (AvgIpc) is 2.56. The third kappa shape index (κ3) is 2.89. The molecule has 1 aliphatic rings. The molecule has 2 rings (SSSR count). The number of carbonyl (C=O) groups is 1. The first-order valence-electron chi connectivity index (χ1n) is 6.63. The zero-order valence-corrected chi connectivity index (χ0v) is 11.1. The lowest BCUT2D eigenvalue weighted by Crippen LogP contribution is -2.32. The van der Waals surface area contributed by atoms with Crippen LogP contribution in [0.3, 0.4) is 0 Å². The van der Waals surface area contributed by atoms with Gasteiger partial charge in [0.25, 0.3) is 5.91 Å². The molecular weight excluding hydrogens is 229 g/mol. The molecule has 1 aromatic rings. The van der Waals surface area contributed by atoms with Gasteiger partial charge >= 0.3 is 0 Å². The maximum atomic E-state index is 13.7.